The van der Waals surface area contributed by atoms with Crippen molar-refractivity contribution in [2.45, 2.75) is 12.6 Å². The largest absolute Gasteiger partial charge is 0.496 e. The second-order valence-electron chi connectivity index (χ2n) is 4.78. The van der Waals surface area contributed by atoms with E-state index < -0.39 is 6.04 Å². The molecule has 1 atom stereocenters. The Labute approximate surface area is 129 Å². The van der Waals surface area contributed by atoms with Gasteiger partial charge in [0.15, 0.2) is 0 Å². The van der Waals surface area contributed by atoms with E-state index in [1.54, 1.807) is 7.11 Å². The molecule has 0 aliphatic rings. The maximum absolute atomic E-state index is 12.0. The molecule has 2 amide bonds. The molecule has 0 aliphatic carbocycles. The third-order valence-corrected chi connectivity index (χ3v) is 3.32. The molecule has 0 fully saturated rings. The minimum atomic E-state index is -0.432. The zero-order valence-corrected chi connectivity index (χ0v) is 12.5. The molecule has 0 radical (unpaired) electrons. The SMILES string of the molecule is COc1ccccc1CNC(=O)N[C@H](CO)c1ccccc1. The van der Waals surface area contributed by atoms with Gasteiger partial charge in [0.05, 0.1) is 19.8 Å². The second-order valence-corrected chi connectivity index (χ2v) is 4.78. The minimum absolute atomic E-state index is 0.161. The van der Waals surface area contributed by atoms with Gasteiger partial charge in [0.2, 0.25) is 0 Å². The Morgan fingerprint density at radius 2 is 1.82 bits per heavy atom. The highest BCUT2D eigenvalue weighted by molar-refractivity contribution is 5.74. The summed E-state index contributed by atoms with van der Waals surface area (Å²) in [6.45, 7) is 0.189. The van der Waals surface area contributed by atoms with Crippen molar-refractivity contribution in [3.63, 3.8) is 0 Å². The molecule has 22 heavy (non-hydrogen) atoms. The van der Waals surface area contributed by atoms with Crippen LogP contribution in [0.15, 0.2) is 54.6 Å². The number of ether oxygens (including phenoxy) is 1. The van der Waals surface area contributed by atoms with Crippen LogP contribution in [-0.4, -0.2) is 24.9 Å². The highest BCUT2D eigenvalue weighted by Crippen LogP contribution is 2.16. The smallest absolute Gasteiger partial charge is 0.315 e. The third kappa shape index (κ3) is 4.23. The Hall–Kier alpha value is -2.53. The Morgan fingerprint density at radius 1 is 1.14 bits per heavy atom. The van der Waals surface area contributed by atoms with Crippen molar-refractivity contribution >= 4 is 6.03 Å². The summed E-state index contributed by atoms with van der Waals surface area (Å²) < 4.78 is 5.24. The summed E-state index contributed by atoms with van der Waals surface area (Å²) in [4.78, 5) is 12.0. The number of aliphatic hydroxyl groups excluding tert-OH is 1. The summed E-state index contributed by atoms with van der Waals surface area (Å²) >= 11 is 0. The first kappa shape index (κ1) is 15.9. The Morgan fingerprint density at radius 3 is 2.50 bits per heavy atom. The van der Waals surface area contributed by atoms with E-state index in [0.29, 0.717) is 6.54 Å². The molecule has 0 spiro atoms. The van der Waals surface area contributed by atoms with Crippen LogP contribution in [0.5, 0.6) is 5.75 Å². The number of hydrogen-bond donors (Lipinski definition) is 3. The average Bonchev–Trinajstić information content (AvgIpc) is 2.58. The number of urea groups is 1. The minimum Gasteiger partial charge on any atom is -0.496 e. The molecule has 3 N–H and O–H groups in total. The van der Waals surface area contributed by atoms with Gasteiger partial charge in [-0.25, -0.2) is 4.79 Å². The average molecular weight is 300 g/mol. The van der Waals surface area contributed by atoms with Gasteiger partial charge in [-0.05, 0) is 11.6 Å². The molecule has 116 valence electrons. The van der Waals surface area contributed by atoms with Crippen LogP contribution >= 0.6 is 0 Å². The summed E-state index contributed by atoms with van der Waals surface area (Å²) in [6.07, 6.45) is 0. The Balaban J connectivity index is 1.92. The van der Waals surface area contributed by atoms with Crippen LogP contribution in [0.25, 0.3) is 0 Å². The van der Waals surface area contributed by atoms with Gasteiger partial charge in [0.25, 0.3) is 0 Å². The number of aliphatic hydroxyl groups is 1. The number of methoxy groups -OCH3 is 1. The normalized spacial score (nSPS) is 11.5. The number of nitrogens with one attached hydrogen (secondary N) is 2. The van der Waals surface area contributed by atoms with Gasteiger partial charge >= 0.3 is 6.03 Å². The quantitative estimate of drug-likeness (QED) is 0.766. The molecule has 0 aliphatic heterocycles. The number of hydrogen-bond acceptors (Lipinski definition) is 3. The van der Waals surface area contributed by atoms with Crippen molar-refractivity contribution in [3.05, 3.63) is 65.7 Å². The standard InChI is InChI=1S/C17H20N2O3/c1-22-16-10-6-5-9-14(16)11-18-17(21)19-15(12-20)13-7-3-2-4-8-13/h2-10,15,20H,11-12H2,1H3,(H2,18,19,21)/t15-/m1/s1. The van der Waals surface area contributed by atoms with E-state index in [1.165, 1.54) is 0 Å². The summed E-state index contributed by atoms with van der Waals surface area (Å²) in [6, 6.07) is 16.1. The van der Waals surface area contributed by atoms with Crippen LogP contribution < -0.4 is 15.4 Å². The number of para-hydroxylation sites is 1. The first-order chi connectivity index (χ1) is 10.7. The number of carbonyl (C=O) groups is 1. The maximum Gasteiger partial charge on any atom is 0.315 e. The van der Waals surface area contributed by atoms with Crippen LogP contribution in [0, 0.1) is 0 Å². The van der Waals surface area contributed by atoms with E-state index in [9.17, 15) is 9.90 Å². The lowest BCUT2D eigenvalue weighted by atomic mass is 10.1. The fourth-order valence-electron chi connectivity index (χ4n) is 2.15. The molecule has 0 saturated heterocycles. The van der Waals surface area contributed by atoms with Gasteiger partial charge < -0.3 is 20.5 Å². The molecule has 0 unspecified atom stereocenters. The lowest BCUT2D eigenvalue weighted by Gasteiger charge is -2.17. The predicted molar refractivity (Wildman–Crippen MR) is 84.6 cm³/mol. The fourth-order valence-corrected chi connectivity index (χ4v) is 2.15. The van der Waals surface area contributed by atoms with Gasteiger partial charge in [0, 0.05) is 12.1 Å². The van der Waals surface area contributed by atoms with E-state index in [-0.39, 0.29) is 12.6 Å². The molecule has 2 aromatic rings. The Bertz CT molecular complexity index is 602. The van der Waals surface area contributed by atoms with Crippen molar-refractivity contribution in [2.24, 2.45) is 0 Å². The van der Waals surface area contributed by atoms with Gasteiger partial charge in [-0.2, -0.15) is 0 Å². The Kier molecular flexibility index (Phi) is 5.80. The van der Waals surface area contributed by atoms with E-state index >= 15 is 0 Å². The zero-order chi connectivity index (χ0) is 15.8. The molecule has 0 saturated carbocycles. The van der Waals surface area contributed by atoms with Crippen LogP contribution in [0.4, 0.5) is 4.79 Å². The van der Waals surface area contributed by atoms with Crippen LogP contribution in [0.3, 0.4) is 0 Å². The highest BCUT2D eigenvalue weighted by atomic mass is 16.5. The van der Waals surface area contributed by atoms with Gasteiger partial charge in [-0.15, -0.1) is 0 Å². The van der Waals surface area contributed by atoms with E-state index in [1.807, 2.05) is 54.6 Å². The van der Waals surface area contributed by atoms with Crippen LogP contribution in [-0.2, 0) is 6.54 Å². The van der Waals surface area contributed by atoms with Crippen molar-refractivity contribution < 1.29 is 14.6 Å². The molecular weight excluding hydrogens is 280 g/mol. The molecule has 5 nitrogen and oxygen atoms in total. The van der Waals surface area contributed by atoms with Crippen molar-refractivity contribution in [2.75, 3.05) is 13.7 Å². The van der Waals surface area contributed by atoms with Crippen LogP contribution in [0.1, 0.15) is 17.2 Å². The lowest BCUT2D eigenvalue weighted by Crippen LogP contribution is -2.38. The molecule has 5 heteroatoms. The molecule has 0 aromatic heterocycles. The first-order valence-corrected chi connectivity index (χ1v) is 7.06. The van der Waals surface area contributed by atoms with Crippen molar-refractivity contribution in [1.29, 1.82) is 0 Å². The molecule has 2 rings (SSSR count). The molecule has 0 bridgehead atoms. The number of benzene rings is 2. The summed E-state index contributed by atoms with van der Waals surface area (Å²) in [5.74, 6) is 0.726. The van der Waals surface area contributed by atoms with E-state index in [2.05, 4.69) is 10.6 Å². The number of rotatable bonds is 6. The zero-order valence-electron chi connectivity index (χ0n) is 12.5. The topological polar surface area (TPSA) is 70.6 Å². The molecular formula is C17H20N2O3. The van der Waals surface area contributed by atoms with Crippen molar-refractivity contribution in [3.8, 4) is 5.75 Å². The lowest BCUT2D eigenvalue weighted by molar-refractivity contribution is 0.216. The third-order valence-electron chi connectivity index (χ3n) is 3.32. The van der Waals surface area contributed by atoms with Gasteiger partial charge in [0.1, 0.15) is 5.75 Å². The van der Waals surface area contributed by atoms with Gasteiger partial charge in [-0.1, -0.05) is 48.5 Å². The predicted octanol–water partition coefficient (Wildman–Crippen LogP) is 2.23. The van der Waals surface area contributed by atoms with E-state index in [0.717, 1.165) is 16.9 Å². The van der Waals surface area contributed by atoms with E-state index in [4.69, 9.17) is 4.74 Å². The maximum atomic E-state index is 12.0. The summed E-state index contributed by atoms with van der Waals surface area (Å²) in [5.41, 5.74) is 1.75. The monoisotopic (exact) mass is 300 g/mol. The molecule has 2 aromatic carbocycles. The highest BCUT2D eigenvalue weighted by Gasteiger charge is 2.13. The number of carbonyl (C=O) groups excluding carboxylic acids is 1. The first-order valence-electron chi connectivity index (χ1n) is 7.06. The number of amides is 2. The van der Waals surface area contributed by atoms with Gasteiger partial charge in [-0.3, -0.25) is 0 Å². The second kappa shape index (κ2) is 8.05. The molecule has 0 heterocycles. The van der Waals surface area contributed by atoms with Crippen LogP contribution in [0.2, 0.25) is 0 Å². The van der Waals surface area contributed by atoms with Crippen molar-refractivity contribution in [1.82, 2.24) is 10.6 Å². The summed E-state index contributed by atoms with van der Waals surface area (Å²) in [5, 5.41) is 15.0. The fraction of sp³-hybridized carbons (Fsp3) is 0.235. The summed E-state index contributed by atoms with van der Waals surface area (Å²) in [7, 11) is 1.59.